The molecule has 2 aromatic heterocycles. The lowest BCUT2D eigenvalue weighted by molar-refractivity contribution is -0.143. The van der Waals surface area contributed by atoms with Gasteiger partial charge in [-0.1, -0.05) is 60.1 Å². The summed E-state index contributed by atoms with van der Waals surface area (Å²) in [5, 5.41) is 23.0. The predicted octanol–water partition coefficient (Wildman–Crippen LogP) is 7.15. The zero-order chi connectivity index (χ0) is 50.6. The Morgan fingerprint density at radius 3 is 2.35 bits per heavy atom. The first kappa shape index (κ1) is 51.5. The number of piperazine rings is 1. The maximum absolute atomic E-state index is 15.2. The molecule has 2 unspecified atom stereocenters. The van der Waals surface area contributed by atoms with Crippen molar-refractivity contribution >= 4 is 75.8 Å². The molecule has 5 aromatic rings. The fourth-order valence-corrected chi connectivity index (χ4v) is 10.8. The normalized spacial score (nSPS) is 18.6. The van der Waals surface area contributed by atoms with Crippen molar-refractivity contribution in [3.05, 3.63) is 111 Å². The molecule has 0 spiro atoms. The predicted molar refractivity (Wildman–Crippen MR) is 276 cm³/mol. The molecular weight excluding hydrogens is 967 g/mol. The molecule has 3 aromatic carbocycles. The average Bonchev–Trinajstić information content (AvgIpc) is 3.78. The molecule has 4 heterocycles. The smallest absolute Gasteiger partial charge is 0.258 e. The summed E-state index contributed by atoms with van der Waals surface area (Å²) >= 11 is 9.14. The molecule has 3 aliphatic rings. The zero-order valence-corrected chi connectivity index (χ0v) is 43.0. The Labute approximate surface area is 426 Å². The number of aliphatic hydroxyl groups is 1. The van der Waals surface area contributed by atoms with Gasteiger partial charge in [-0.25, -0.2) is 14.4 Å². The number of aromatic nitrogens is 3. The van der Waals surface area contributed by atoms with Crippen molar-refractivity contribution in [3.8, 4) is 16.2 Å². The van der Waals surface area contributed by atoms with Crippen molar-refractivity contribution in [1.82, 2.24) is 40.3 Å². The number of nitrogens with zero attached hydrogens (tertiary/aromatic N) is 6. The quantitative estimate of drug-likeness (QED) is 0.0595. The van der Waals surface area contributed by atoms with E-state index in [1.54, 1.807) is 42.1 Å². The molecule has 4 amide bonds. The number of likely N-dealkylation sites (tertiary alicyclic amines) is 1. The third-order valence-corrected chi connectivity index (χ3v) is 16.0. The first-order chi connectivity index (χ1) is 33.9. The summed E-state index contributed by atoms with van der Waals surface area (Å²) in [4.78, 5) is 74.9. The van der Waals surface area contributed by atoms with Crippen molar-refractivity contribution in [2.24, 2.45) is 0 Å². The van der Waals surface area contributed by atoms with E-state index in [2.05, 4.69) is 53.3 Å². The van der Waals surface area contributed by atoms with Crippen LogP contribution in [0.5, 0.6) is 5.75 Å². The lowest BCUT2D eigenvalue weighted by atomic mass is 10.00. The van der Waals surface area contributed by atoms with Crippen LogP contribution in [0.25, 0.3) is 10.4 Å². The SMILES string of the molecule is CNc1nc(Nc2ccc(C(=O)N3CCN(Cc4ccc(CSC(C)(C)C(NC(=O)C5(F)CC5)C(=O)N5C[C@H](O)C[C@H]5C(=O)NC(C)c5ccc(-c6scnc6C)cc5)cc4)CC3)cc2OC)ncc1Cl. The van der Waals surface area contributed by atoms with Crippen LogP contribution in [0.1, 0.15) is 78.8 Å². The Kier molecular flexibility index (Phi) is 15.9. The number of nitrogens with one attached hydrogen (secondary N) is 4. The Morgan fingerprint density at radius 2 is 1.70 bits per heavy atom. The highest BCUT2D eigenvalue weighted by molar-refractivity contribution is 7.99. The second-order valence-electron chi connectivity index (χ2n) is 18.8. The molecule has 1 saturated carbocycles. The van der Waals surface area contributed by atoms with Crippen LogP contribution in [0.15, 0.2) is 78.4 Å². The number of amides is 4. The summed E-state index contributed by atoms with van der Waals surface area (Å²) in [7, 11) is 3.25. The van der Waals surface area contributed by atoms with E-state index in [9.17, 15) is 24.3 Å². The van der Waals surface area contributed by atoms with Gasteiger partial charge in [-0.15, -0.1) is 23.1 Å². The lowest BCUT2D eigenvalue weighted by Gasteiger charge is -2.37. The van der Waals surface area contributed by atoms with Crippen LogP contribution in [0.3, 0.4) is 0 Å². The molecule has 4 atom stereocenters. The van der Waals surface area contributed by atoms with Crippen molar-refractivity contribution in [2.75, 3.05) is 57.5 Å². The van der Waals surface area contributed by atoms with Crippen molar-refractivity contribution < 1.29 is 33.4 Å². The monoisotopic (exact) mass is 1030 g/mol. The van der Waals surface area contributed by atoms with Gasteiger partial charge in [0.05, 0.1) is 47.2 Å². The molecular formula is C51H60ClFN10O6S2. The van der Waals surface area contributed by atoms with Crippen LogP contribution in [0, 0.1) is 6.92 Å². The summed E-state index contributed by atoms with van der Waals surface area (Å²) in [6.45, 7) is 10.6. The van der Waals surface area contributed by atoms with Crippen LogP contribution in [0.4, 0.5) is 21.8 Å². The average molecular weight is 1030 g/mol. The van der Waals surface area contributed by atoms with E-state index >= 15 is 4.39 Å². The number of hydrogen-bond donors (Lipinski definition) is 5. The Balaban J connectivity index is 0.853. The molecule has 3 fully saturated rings. The van der Waals surface area contributed by atoms with E-state index in [1.807, 2.05) is 69.0 Å². The van der Waals surface area contributed by atoms with E-state index in [-0.39, 0.29) is 31.7 Å². The Hall–Kier alpha value is -5.86. The standard InChI is InChI=1S/C51H60ClFN10O6S2/c1-30(34-11-13-35(14-12-34)42-31(2)56-29-70-42)57-45(65)40-24-37(64)27-63(40)47(67)43(59-48(68)51(53)17-18-51)50(3,4)71-28-33-9-7-32(8-10-33)26-61-19-21-62(22-20-61)46(66)36-15-16-39(41(23-36)69-6)58-49-55-25-38(52)44(54-5)60-49/h7-16,23,25,29-30,37,40,43,64H,17-22,24,26-28H2,1-6H3,(H,57,65)(H,59,68)(H2,54,55,58,60)/t30?,37-,40+,43?/m1/s1. The number of aryl methyl sites for hydroxylation is 1. The first-order valence-electron chi connectivity index (χ1n) is 23.6. The van der Waals surface area contributed by atoms with Crippen molar-refractivity contribution in [1.29, 1.82) is 0 Å². The van der Waals surface area contributed by atoms with Gasteiger partial charge >= 0.3 is 0 Å². The molecule has 20 heteroatoms. The first-order valence-corrected chi connectivity index (χ1v) is 25.9. The van der Waals surface area contributed by atoms with Crippen LogP contribution >= 0.6 is 34.7 Å². The highest BCUT2D eigenvalue weighted by Gasteiger charge is 2.54. The molecule has 1 aliphatic carbocycles. The maximum Gasteiger partial charge on any atom is 0.258 e. The number of carbonyl (C=O) groups excluding carboxylic acids is 4. The minimum absolute atomic E-state index is 0.0275. The molecule has 0 radical (unpaired) electrons. The molecule has 5 N–H and O–H groups in total. The van der Waals surface area contributed by atoms with Gasteiger partial charge in [0.2, 0.25) is 17.8 Å². The van der Waals surface area contributed by atoms with E-state index in [0.717, 1.165) is 32.8 Å². The van der Waals surface area contributed by atoms with Crippen LogP contribution in [-0.4, -0.2) is 134 Å². The summed E-state index contributed by atoms with van der Waals surface area (Å²) in [6, 6.07) is 18.7. The van der Waals surface area contributed by atoms with E-state index in [1.165, 1.54) is 30.0 Å². The zero-order valence-electron chi connectivity index (χ0n) is 40.6. The van der Waals surface area contributed by atoms with Crippen LogP contribution in [0.2, 0.25) is 5.02 Å². The molecule has 2 aliphatic heterocycles. The molecule has 16 nitrogen and oxygen atoms in total. The number of thiazole rings is 1. The minimum atomic E-state index is -2.03. The molecule has 2 saturated heterocycles. The highest BCUT2D eigenvalue weighted by Crippen LogP contribution is 2.41. The van der Waals surface area contributed by atoms with Crippen molar-refractivity contribution in [2.45, 2.75) is 93.9 Å². The van der Waals surface area contributed by atoms with Gasteiger partial charge in [0, 0.05) is 68.8 Å². The topological polar surface area (TPSA) is 194 Å². The number of carbonyl (C=O) groups is 4. The summed E-state index contributed by atoms with van der Waals surface area (Å²) in [5.74, 6) is -0.161. The number of alkyl halides is 1. The fourth-order valence-electron chi connectivity index (χ4n) is 8.79. The Bertz CT molecular complexity index is 2730. The highest BCUT2D eigenvalue weighted by atomic mass is 35.5. The van der Waals surface area contributed by atoms with Gasteiger partial charge in [-0.05, 0) is 81.0 Å². The summed E-state index contributed by atoms with van der Waals surface area (Å²) in [6.07, 6.45) is 0.720. The number of benzene rings is 3. The third-order valence-electron chi connectivity index (χ3n) is 13.3. The number of ether oxygens (including phenoxy) is 1. The number of hydrogen-bond acceptors (Lipinski definition) is 14. The number of aliphatic hydroxyl groups excluding tert-OH is 1. The lowest BCUT2D eigenvalue weighted by Crippen LogP contribution is -2.61. The van der Waals surface area contributed by atoms with Gasteiger partial charge in [0.15, 0.2) is 5.67 Å². The number of anilines is 3. The summed E-state index contributed by atoms with van der Waals surface area (Å²) < 4.78 is 19.8. The summed E-state index contributed by atoms with van der Waals surface area (Å²) in [5.41, 5.74) is 5.81. The van der Waals surface area contributed by atoms with E-state index in [4.69, 9.17) is 16.3 Å². The minimum Gasteiger partial charge on any atom is -0.495 e. The number of rotatable bonds is 18. The molecule has 8 rings (SSSR count). The largest absolute Gasteiger partial charge is 0.495 e. The number of thioether (sulfide) groups is 1. The Morgan fingerprint density at radius 1 is 1.00 bits per heavy atom. The van der Waals surface area contributed by atoms with Gasteiger partial charge in [0.25, 0.3) is 11.8 Å². The molecule has 71 heavy (non-hydrogen) atoms. The van der Waals surface area contributed by atoms with E-state index < -0.39 is 52.4 Å². The molecule has 376 valence electrons. The van der Waals surface area contributed by atoms with Gasteiger partial charge in [-0.3, -0.25) is 24.1 Å². The third kappa shape index (κ3) is 12.1. The molecule has 0 bridgehead atoms. The van der Waals surface area contributed by atoms with Gasteiger partial charge in [0.1, 0.15) is 28.7 Å². The number of halogens is 2. The second-order valence-corrected chi connectivity index (χ2v) is 21.7. The van der Waals surface area contributed by atoms with Gasteiger partial charge in [-0.2, -0.15) is 4.98 Å². The second kappa shape index (κ2) is 21.9. The van der Waals surface area contributed by atoms with Crippen LogP contribution < -0.4 is 26.0 Å². The van der Waals surface area contributed by atoms with E-state index in [0.29, 0.717) is 72.3 Å². The fraction of sp³-hybridized carbons (Fsp3) is 0.431. The maximum atomic E-state index is 15.2. The van der Waals surface area contributed by atoms with Crippen molar-refractivity contribution in [3.63, 3.8) is 0 Å². The van der Waals surface area contributed by atoms with Gasteiger partial charge < -0.3 is 40.9 Å². The number of β-amino-alcohol motifs (C(OH)–C–C–N with tert-alkyl or cyclic N) is 1. The number of methoxy groups -OCH3 is 1. The van der Waals surface area contributed by atoms with Crippen LogP contribution in [-0.2, 0) is 26.7 Å².